The highest BCUT2D eigenvalue weighted by atomic mass is 16.5. The Morgan fingerprint density at radius 3 is 2.68 bits per heavy atom. The quantitative estimate of drug-likeness (QED) is 0.737. The minimum atomic E-state index is -0.138. The van der Waals surface area contributed by atoms with Gasteiger partial charge in [0.2, 0.25) is 11.8 Å². The maximum Gasteiger partial charge on any atom is 0.228 e. The molecule has 0 aromatic carbocycles. The Morgan fingerprint density at radius 1 is 1.26 bits per heavy atom. The molecule has 0 bridgehead atoms. The van der Waals surface area contributed by atoms with Gasteiger partial charge in [0, 0.05) is 25.6 Å². The van der Waals surface area contributed by atoms with Gasteiger partial charge in [-0.15, -0.1) is 0 Å². The van der Waals surface area contributed by atoms with E-state index in [9.17, 15) is 9.59 Å². The number of amides is 2. The first kappa shape index (κ1) is 12.9. The molecule has 2 aliphatic heterocycles. The van der Waals surface area contributed by atoms with Crippen LogP contribution in [0.25, 0.3) is 0 Å². The average Bonchev–Trinajstić information content (AvgIpc) is 3.15. The number of nitrogens with zero attached hydrogens (tertiary/aromatic N) is 2. The van der Waals surface area contributed by atoms with Crippen molar-refractivity contribution in [2.24, 2.45) is 5.92 Å². The van der Waals surface area contributed by atoms with Crippen molar-refractivity contribution in [3.05, 3.63) is 0 Å². The Balaban J connectivity index is 1.65. The van der Waals surface area contributed by atoms with Crippen LogP contribution in [0.15, 0.2) is 0 Å². The molecule has 3 fully saturated rings. The molecule has 1 aliphatic carbocycles. The Bertz CT molecular complexity index is 394. The molecule has 0 aromatic rings. The molecule has 0 N–H and O–H groups in total. The molecular weight excluding hydrogens is 244 g/mol. The molecule has 0 radical (unpaired) electrons. The van der Waals surface area contributed by atoms with Crippen molar-refractivity contribution in [3.63, 3.8) is 0 Å². The van der Waals surface area contributed by atoms with E-state index in [1.165, 1.54) is 0 Å². The molecular formula is C14H22N2O3. The van der Waals surface area contributed by atoms with E-state index >= 15 is 0 Å². The number of morpholine rings is 1. The summed E-state index contributed by atoms with van der Waals surface area (Å²) >= 11 is 0. The van der Waals surface area contributed by atoms with E-state index in [2.05, 4.69) is 0 Å². The normalized spacial score (nSPS) is 35.9. The van der Waals surface area contributed by atoms with Crippen LogP contribution < -0.4 is 0 Å². The van der Waals surface area contributed by atoms with Crippen molar-refractivity contribution in [1.82, 2.24) is 9.80 Å². The summed E-state index contributed by atoms with van der Waals surface area (Å²) in [5.74, 6) is 0.162. The fourth-order valence-electron chi connectivity index (χ4n) is 3.08. The van der Waals surface area contributed by atoms with Crippen LogP contribution in [0.5, 0.6) is 0 Å². The zero-order chi connectivity index (χ0) is 13.6. The fraction of sp³-hybridized carbons (Fsp3) is 0.857. The minimum Gasteiger partial charge on any atom is -0.375 e. The summed E-state index contributed by atoms with van der Waals surface area (Å²) in [6, 6.07) is 0.542. The zero-order valence-electron chi connectivity index (χ0n) is 11.7. The average molecular weight is 266 g/mol. The highest BCUT2D eigenvalue weighted by Crippen LogP contribution is 2.33. The number of likely N-dealkylation sites (tertiary alicyclic amines) is 1. The van der Waals surface area contributed by atoms with Crippen molar-refractivity contribution >= 4 is 11.8 Å². The molecule has 0 unspecified atom stereocenters. The van der Waals surface area contributed by atoms with Crippen LogP contribution in [-0.2, 0) is 14.3 Å². The number of ether oxygens (including phenoxy) is 1. The van der Waals surface area contributed by atoms with E-state index in [0.717, 1.165) is 12.8 Å². The number of hydrogen-bond acceptors (Lipinski definition) is 3. The van der Waals surface area contributed by atoms with Gasteiger partial charge in [-0.1, -0.05) is 0 Å². The van der Waals surface area contributed by atoms with Crippen molar-refractivity contribution in [3.8, 4) is 0 Å². The lowest BCUT2D eigenvalue weighted by atomic mass is 10.0. The molecule has 19 heavy (non-hydrogen) atoms. The number of hydrogen-bond donors (Lipinski definition) is 0. The van der Waals surface area contributed by atoms with Gasteiger partial charge in [-0.2, -0.15) is 0 Å². The zero-order valence-corrected chi connectivity index (χ0v) is 11.7. The van der Waals surface area contributed by atoms with E-state index in [0.29, 0.717) is 32.2 Å². The summed E-state index contributed by atoms with van der Waals surface area (Å²) < 4.78 is 5.55. The molecule has 0 aromatic heterocycles. The highest BCUT2D eigenvalue weighted by molar-refractivity contribution is 5.89. The first-order valence-electron chi connectivity index (χ1n) is 7.28. The van der Waals surface area contributed by atoms with Gasteiger partial charge < -0.3 is 14.5 Å². The van der Waals surface area contributed by atoms with Crippen molar-refractivity contribution in [1.29, 1.82) is 0 Å². The molecule has 2 heterocycles. The third-order valence-electron chi connectivity index (χ3n) is 4.39. The maximum absolute atomic E-state index is 12.6. The van der Waals surface area contributed by atoms with E-state index in [4.69, 9.17) is 4.74 Å². The highest BCUT2D eigenvalue weighted by Gasteiger charge is 2.43. The number of carbonyl (C=O) groups is 2. The third kappa shape index (κ3) is 2.48. The summed E-state index contributed by atoms with van der Waals surface area (Å²) in [5.41, 5.74) is 0. The second kappa shape index (κ2) is 4.78. The van der Waals surface area contributed by atoms with Crippen LogP contribution in [-0.4, -0.2) is 59.5 Å². The van der Waals surface area contributed by atoms with Crippen molar-refractivity contribution in [2.45, 2.75) is 51.3 Å². The van der Waals surface area contributed by atoms with E-state index in [1.54, 1.807) is 0 Å². The Morgan fingerprint density at radius 2 is 2.00 bits per heavy atom. The van der Waals surface area contributed by atoms with Crippen LogP contribution in [0, 0.1) is 5.92 Å². The standard InChI is InChI=1S/C14H22N2O3/c1-9-8-19-10(2)6-15(9)14(18)11-5-13(17)16(7-11)12-3-4-12/h9-12H,3-8H2,1-2H3/t9-,10+,11+/m0/s1. The van der Waals surface area contributed by atoms with Crippen LogP contribution in [0.2, 0.25) is 0 Å². The maximum atomic E-state index is 12.6. The van der Waals surface area contributed by atoms with Gasteiger partial charge in [-0.05, 0) is 26.7 Å². The summed E-state index contributed by atoms with van der Waals surface area (Å²) in [7, 11) is 0. The lowest BCUT2D eigenvalue weighted by molar-refractivity contribution is -0.147. The Labute approximate surface area is 113 Å². The lowest BCUT2D eigenvalue weighted by Gasteiger charge is -2.38. The van der Waals surface area contributed by atoms with Gasteiger partial charge in [0.15, 0.2) is 0 Å². The minimum absolute atomic E-state index is 0.0942. The summed E-state index contributed by atoms with van der Waals surface area (Å²) in [6.45, 7) is 5.87. The molecule has 5 nitrogen and oxygen atoms in total. The third-order valence-corrected chi connectivity index (χ3v) is 4.39. The van der Waals surface area contributed by atoms with Crippen LogP contribution in [0.3, 0.4) is 0 Å². The lowest BCUT2D eigenvalue weighted by Crippen LogP contribution is -2.52. The molecule has 106 valence electrons. The molecule has 3 atom stereocenters. The molecule has 2 amide bonds. The van der Waals surface area contributed by atoms with Gasteiger partial charge in [0.1, 0.15) is 0 Å². The molecule has 0 spiro atoms. The van der Waals surface area contributed by atoms with E-state index in [-0.39, 0.29) is 29.9 Å². The second-order valence-corrected chi connectivity index (χ2v) is 6.16. The Hall–Kier alpha value is -1.10. The van der Waals surface area contributed by atoms with E-state index < -0.39 is 0 Å². The summed E-state index contributed by atoms with van der Waals surface area (Å²) in [5, 5.41) is 0. The van der Waals surface area contributed by atoms with Gasteiger partial charge in [0.25, 0.3) is 0 Å². The van der Waals surface area contributed by atoms with Crippen molar-refractivity contribution < 1.29 is 14.3 Å². The number of carbonyl (C=O) groups excluding carboxylic acids is 2. The fourth-order valence-corrected chi connectivity index (χ4v) is 3.08. The SMILES string of the molecule is C[C@@H]1CN(C(=O)[C@@H]2CC(=O)N(C3CC3)C2)[C@@H](C)CO1. The summed E-state index contributed by atoms with van der Waals surface area (Å²) in [6.07, 6.45) is 2.71. The smallest absolute Gasteiger partial charge is 0.228 e. The number of rotatable bonds is 2. The van der Waals surface area contributed by atoms with Crippen molar-refractivity contribution in [2.75, 3.05) is 19.7 Å². The van der Waals surface area contributed by atoms with Crippen LogP contribution >= 0.6 is 0 Å². The topological polar surface area (TPSA) is 49.9 Å². The molecule has 3 rings (SSSR count). The van der Waals surface area contributed by atoms with Gasteiger partial charge in [-0.25, -0.2) is 0 Å². The molecule has 5 heteroatoms. The predicted octanol–water partition coefficient (Wildman–Crippen LogP) is 0.633. The molecule has 3 aliphatic rings. The first-order valence-corrected chi connectivity index (χ1v) is 7.28. The first-order chi connectivity index (χ1) is 9.06. The van der Waals surface area contributed by atoms with Crippen LogP contribution in [0.4, 0.5) is 0 Å². The van der Waals surface area contributed by atoms with Gasteiger partial charge in [-0.3, -0.25) is 9.59 Å². The Kier molecular flexibility index (Phi) is 3.25. The van der Waals surface area contributed by atoms with E-state index in [1.807, 2.05) is 23.6 Å². The molecule has 2 saturated heterocycles. The van der Waals surface area contributed by atoms with Gasteiger partial charge >= 0.3 is 0 Å². The largest absolute Gasteiger partial charge is 0.375 e. The monoisotopic (exact) mass is 266 g/mol. The molecule has 1 saturated carbocycles. The van der Waals surface area contributed by atoms with Crippen LogP contribution in [0.1, 0.15) is 33.1 Å². The second-order valence-electron chi connectivity index (χ2n) is 6.16. The van der Waals surface area contributed by atoms with Gasteiger partial charge in [0.05, 0.1) is 24.7 Å². The summed E-state index contributed by atoms with van der Waals surface area (Å²) in [4.78, 5) is 28.3. The predicted molar refractivity (Wildman–Crippen MR) is 69.4 cm³/mol.